The summed E-state index contributed by atoms with van der Waals surface area (Å²) in [5.74, 6) is 0.481. The second kappa shape index (κ2) is 8.28. The molecule has 0 saturated carbocycles. The molecule has 1 unspecified atom stereocenters. The second-order valence-corrected chi connectivity index (χ2v) is 7.28. The molecule has 1 aromatic heterocycles. The Bertz CT molecular complexity index is 706. The quantitative estimate of drug-likeness (QED) is 0.348. The molecule has 2 rings (SSSR count). The number of amides is 1. The van der Waals surface area contributed by atoms with Gasteiger partial charge in [0, 0.05) is 5.56 Å². The van der Waals surface area contributed by atoms with Crippen LogP contribution in [0.1, 0.15) is 17.3 Å². The van der Waals surface area contributed by atoms with Crippen molar-refractivity contribution >= 4 is 51.5 Å². The number of hydrogen-bond donors (Lipinski definition) is 1. The van der Waals surface area contributed by atoms with Gasteiger partial charge < -0.3 is 4.74 Å². The number of thioether (sulfide) groups is 1. The Labute approximate surface area is 146 Å². The SMILES string of the molecule is COc1cccc(C(=O)CSc2nnc(NC(=O)C(C)Cl)s2)c1. The fraction of sp³-hybridized carbons (Fsp3) is 0.286. The smallest absolute Gasteiger partial charge is 0.243 e. The molecule has 0 aliphatic heterocycles. The van der Waals surface area contributed by atoms with E-state index in [2.05, 4.69) is 15.5 Å². The van der Waals surface area contributed by atoms with Crippen LogP contribution in [0.25, 0.3) is 0 Å². The van der Waals surface area contributed by atoms with E-state index >= 15 is 0 Å². The number of nitrogens with zero attached hydrogens (tertiary/aromatic N) is 2. The number of halogens is 1. The van der Waals surface area contributed by atoms with Crippen molar-refractivity contribution in [2.45, 2.75) is 16.6 Å². The van der Waals surface area contributed by atoms with Gasteiger partial charge in [-0.3, -0.25) is 14.9 Å². The Morgan fingerprint density at radius 3 is 2.91 bits per heavy atom. The van der Waals surface area contributed by atoms with Crippen LogP contribution in [0.3, 0.4) is 0 Å². The van der Waals surface area contributed by atoms with Gasteiger partial charge in [-0.15, -0.1) is 21.8 Å². The molecule has 1 amide bonds. The van der Waals surface area contributed by atoms with Crippen LogP contribution >= 0.6 is 34.7 Å². The molecule has 0 fully saturated rings. The highest BCUT2D eigenvalue weighted by Gasteiger charge is 2.14. The van der Waals surface area contributed by atoms with Crippen LogP contribution in [0, 0.1) is 0 Å². The minimum atomic E-state index is -0.648. The second-order valence-electron chi connectivity index (χ2n) is 4.42. The van der Waals surface area contributed by atoms with E-state index in [0.717, 1.165) is 0 Å². The van der Waals surface area contributed by atoms with Crippen LogP contribution in [0.2, 0.25) is 0 Å². The maximum Gasteiger partial charge on any atom is 0.243 e. The topological polar surface area (TPSA) is 81.2 Å². The van der Waals surface area contributed by atoms with E-state index in [1.54, 1.807) is 38.3 Å². The van der Waals surface area contributed by atoms with Crippen LogP contribution in [0.15, 0.2) is 28.6 Å². The molecule has 0 aliphatic carbocycles. The number of anilines is 1. The van der Waals surface area contributed by atoms with Crippen molar-refractivity contribution in [3.8, 4) is 5.75 Å². The molecule has 0 radical (unpaired) electrons. The number of ether oxygens (including phenoxy) is 1. The molecule has 0 bridgehead atoms. The maximum atomic E-state index is 12.2. The van der Waals surface area contributed by atoms with Gasteiger partial charge in [-0.2, -0.15) is 0 Å². The molecule has 0 aliphatic rings. The Kier molecular flexibility index (Phi) is 6.37. The van der Waals surface area contributed by atoms with E-state index in [4.69, 9.17) is 16.3 Å². The largest absolute Gasteiger partial charge is 0.497 e. The minimum absolute atomic E-state index is 0.0379. The number of nitrogens with one attached hydrogen (secondary N) is 1. The van der Waals surface area contributed by atoms with Crippen LogP contribution in [0.5, 0.6) is 5.75 Å². The van der Waals surface area contributed by atoms with Crippen molar-refractivity contribution in [1.29, 1.82) is 0 Å². The third-order valence-electron chi connectivity index (χ3n) is 2.72. The van der Waals surface area contributed by atoms with E-state index < -0.39 is 5.38 Å². The fourth-order valence-electron chi connectivity index (χ4n) is 1.53. The number of carbonyl (C=O) groups is 2. The zero-order valence-electron chi connectivity index (χ0n) is 12.4. The number of methoxy groups -OCH3 is 1. The summed E-state index contributed by atoms with van der Waals surface area (Å²) in [5.41, 5.74) is 0.575. The van der Waals surface area contributed by atoms with Crippen LogP contribution in [-0.2, 0) is 4.79 Å². The van der Waals surface area contributed by atoms with Crippen molar-refractivity contribution in [3.05, 3.63) is 29.8 Å². The first-order chi connectivity index (χ1) is 11.0. The lowest BCUT2D eigenvalue weighted by molar-refractivity contribution is -0.115. The summed E-state index contributed by atoms with van der Waals surface area (Å²) >= 11 is 8.12. The van der Waals surface area contributed by atoms with E-state index in [1.807, 2.05) is 0 Å². The lowest BCUT2D eigenvalue weighted by Crippen LogP contribution is -2.20. The van der Waals surface area contributed by atoms with Crippen molar-refractivity contribution in [1.82, 2.24) is 10.2 Å². The summed E-state index contributed by atoms with van der Waals surface area (Å²) < 4.78 is 5.69. The average molecular weight is 372 g/mol. The summed E-state index contributed by atoms with van der Waals surface area (Å²) in [4.78, 5) is 23.6. The molecule has 9 heteroatoms. The Morgan fingerprint density at radius 1 is 1.43 bits per heavy atom. The Balaban J connectivity index is 1.92. The van der Waals surface area contributed by atoms with E-state index in [9.17, 15) is 9.59 Å². The number of aromatic nitrogens is 2. The van der Waals surface area contributed by atoms with Gasteiger partial charge in [-0.05, 0) is 19.1 Å². The Morgan fingerprint density at radius 2 is 2.22 bits per heavy atom. The van der Waals surface area contributed by atoms with Gasteiger partial charge in [-0.25, -0.2) is 0 Å². The summed E-state index contributed by atoms with van der Waals surface area (Å²) in [6.07, 6.45) is 0. The fourth-order valence-corrected chi connectivity index (χ4v) is 3.23. The van der Waals surface area contributed by atoms with Crippen molar-refractivity contribution in [2.24, 2.45) is 0 Å². The summed E-state index contributed by atoms with van der Waals surface area (Å²) in [7, 11) is 1.55. The Hall–Kier alpha value is -1.64. The highest BCUT2D eigenvalue weighted by Crippen LogP contribution is 2.26. The number of carbonyl (C=O) groups excluding carboxylic acids is 2. The van der Waals surface area contributed by atoms with Gasteiger partial charge in [0.2, 0.25) is 11.0 Å². The number of ketones is 1. The molecule has 1 aromatic carbocycles. The zero-order valence-corrected chi connectivity index (χ0v) is 14.8. The normalized spacial score (nSPS) is 11.8. The van der Waals surface area contributed by atoms with E-state index in [0.29, 0.717) is 20.8 Å². The van der Waals surface area contributed by atoms with Gasteiger partial charge in [0.15, 0.2) is 10.1 Å². The molecular formula is C14H14ClN3O3S2. The molecule has 1 N–H and O–H groups in total. The monoisotopic (exact) mass is 371 g/mol. The maximum absolute atomic E-state index is 12.2. The van der Waals surface area contributed by atoms with E-state index in [1.165, 1.54) is 23.1 Å². The standard InChI is InChI=1S/C14H14ClN3O3S2/c1-8(15)12(20)16-13-17-18-14(23-13)22-7-11(19)9-4-3-5-10(6-9)21-2/h3-6,8H,7H2,1-2H3,(H,16,17,20). The first-order valence-electron chi connectivity index (χ1n) is 6.58. The number of rotatable bonds is 7. The molecule has 0 saturated heterocycles. The van der Waals surface area contributed by atoms with Gasteiger partial charge in [0.25, 0.3) is 0 Å². The van der Waals surface area contributed by atoms with Crippen molar-refractivity contribution in [3.63, 3.8) is 0 Å². The van der Waals surface area contributed by atoms with Gasteiger partial charge in [-0.1, -0.05) is 35.2 Å². The number of benzene rings is 1. The van der Waals surface area contributed by atoms with Crippen LogP contribution in [-0.4, -0.2) is 40.1 Å². The first kappa shape index (κ1) is 17.7. The summed E-state index contributed by atoms with van der Waals surface area (Å²) in [5, 5.41) is 10.0. The summed E-state index contributed by atoms with van der Waals surface area (Å²) in [6, 6.07) is 6.97. The number of hydrogen-bond acceptors (Lipinski definition) is 7. The minimum Gasteiger partial charge on any atom is -0.497 e. The highest BCUT2D eigenvalue weighted by atomic mass is 35.5. The first-order valence-corrected chi connectivity index (χ1v) is 8.82. The molecule has 122 valence electrons. The van der Waals surface area contributed by atoms with Gasteiger partial charge in [0.1, 0.15) is 11.1 Å². The van der Waals surface area contributed by atoms with Crippen LogP contribution in [0.4, 0.5) is 5.13 Å². The molecule has 1 heterocycles. The summed E-state index contributed by atoms with van der Waals surface area (Å²) in [6.45, 7) is 1.57. The third kappa shape index (κ3) is 5.19. The highest BCUT2D eigenvalue weighted by molar-refractivity contribution is 8.01. The average Bonchev–Trinajstić information content (AvgIpc) is 3.00. The van der Waals surface area contributed by atoms with Gasteiger partial charge in [0.05, 0.1) is 12.9 Å². The lowest BCUT2D eigenvalue weighted by atomic mass is 10.1. The molecule has 23 heavy (non-hydrogen) atoms. The third-order valence-corrected chi connectivity index (χ3v) is 4.89. The van der Waals surface area contributed by atoms with Crippen molar-refractivity contribution < 1.29 is 14.3 Å². The number of Topliss-reactive ketones (excluding diaryl/α,β-unsaturated/α-hetero) is 1. The predicted molar refractivity (Wildman–Crippen MR) is 91.9 cm³/mol. The number of alkyl halides is 1. The van der Waals surface area contributed by atoms with Gasteiger partial charge >= 0.3 is 0 Å². The molecule has 1 atom stereocenters. The predicted octanol–water partition coefficient (Wildman–Crippen LogP) is 3.09. The molecule has 0 spiro atoms. The van der Waals surface area contributed by atoms with E-state index in [-0.39, 0.29) is 17.4 Å². The lowest BCUT2D eigenvalue weighted by Gasteiger charge is -2.02. The van der Waals surface area contributed by atoms with Crippen LogP contribution < -0.4 is 10.1 Å². The van der Waals surface area contributed by atoms with Crippen molar-refractivity contribution in [2.75, 3.05) is 18.2 Å². The zero-order chi connectivity index (χ0) is 16.8. The molecule has 6 nitrogen and oxygen atoms in total. The molecular weight excluding hydrogens is 358 g/mol. The molecule has 2 aromatic rings.